The van der Waals surface area contributed by atoms with Crippen LogP contribution in [0.5, 0.6) is 0 Å². The molecular weight excluding hydrogens is 257 g/mol. The van der Waals surface area contributed by atoms with E-state index in [1.807, 2.05) is 19.1 Å². The average Bonchev–Trinajstić information content (AvgIpc) is 2.36. The van der Waals surface area contributed by atoms with Crippen LogP contribution in [0.2, 0.25) is 5.02 Å². The first-order chi connectivity index (χ1) is 8.61. The number of nitrogens with one attached hydrogen (secondary N) is 2. The third kappa shape index (κ3) is 2.49. The van der Waals surface area contributed by atoms with Crippen molar-refractivity contribution in [3.05, 3.63) is 40.8 Å². The molecule has 94 valence electrons. The van der Waals surface area contributed by atoms with Gasteiger partial charge in [-0.1, -0.05) is 23.7 Å². The van der Waals surface area contributed by atoms with E-state index in [-0.39, 0.29) is 11.8 Å². The SMILES string of the molecule is Cc1cccc(Cl)c1Nc1nc(NN)ncc1F. The second-order valence-corrected chi connectivity index (χ2v) is 4.00. The number of rotatable bonds is 3. The first kappa shape index (κ1) is 12.5. The molecule has 0 aliphatic rings. The Morgan fingerprint density at radius 2 is 2.17 bits per heavy atom. The smallest absolute Gasteiger partial charge is 0.239 e. The van der Waals surface area contributed by atoms with Crippen LogP contribution in [0.4, 0.5) is 21.8 Å². The van der Waals surface area contributed by atoms with Gasteiger partial charge in [0.2, 0.25) is 5.95 Å². The largest absolute Gasteiger partial charge is 0.336 e. The Labute approximate surface area is 108 Å². The first-order valence-electron chi connectivity index (χ1n) is 5.13. The van der Waals surface area contributed by atoms with Gasteiger partial charge in [-0.25, -0.2) is 15.2 Å². The first-order valence-corrected chi connectivity index (χ1v) is 5.51. The van der Waals surface area contributed by atoms with E-state index in [2.05, 4.69) is 20.7 Å². The molecule has 0 saturated carbocycles. The van der Waals surface area contributed by atoms with Gasteiger partial charge in [0.15, 0.2) is 11.6 Å². The highest BCUT2D eigenvalue weighted by atomic mass is 35.5. The van der Waals surface area contributed by atoms with Gasteiger partial charge < -0.3 is 5.32 Å². The molecule has 5 nitrogen and oxygen atoms in total. The van der Waals surface area contributed by atoms with E-state index in [1.54, 1.807) is 6.07 Å². The van der Waals surface area contributed by atoms with Gasteiger partial charge in [-0.2, -0.15) is 4.98 Å². The van der Waals surface area contributed by atoms with E-state index in [0.29, 0.717) is 10.7 Å². The number of hydrazine groups is 1. The van der Waals surface area contributed by atoms with E-state index in [9.17, 15) is 4.39 Å². The Balaban J connectivity index is 2.39. The summed E-state index contributed by atoms with van der Waals surface area (Å²) in [5.41, 5.74) is 3.72. The van der Waals surface area contributed by atoms with Crippen LogP contribution in [0.3, 0.4) is 0 Å². The monoisotopic (exact) mass is 267 g/mol. The van der Waals surface area contributed by atoms with Gasteiger partial charge in [0, 0.05) is 0 Å². The Hall–Kier alpha value is -1.92. The van der Waals surface area contributed by atoms with Crippen molar-refractivity contribution in [3.63, 3.8) is 0 Å². The average molecular weight is 268 g/mol. The number of para-hydroxylation sites is 1. The Morgan fingerprint density at radius 3 is 2.83 bits per heavy atom. The van der Waals surface area contributed by atoms with Gasteiger partial charge in [-0.05, 0) is 18.6 Å². The number of nitrogens with two attached hydrogens (primary N) is 1. The summed E-state index contributed by atoms with van der Waals surface area (Å²) in [5.74, 6) is 4.70. The lowest BCUT2D eigenvalue weighted by molar-refractivity contribution is 0.619. The summed E-state index contributed by atoms with van der Waals surface area (Å²) in [5, 5.41) is 3.31. The fourth-order valence-electron chi connectivity index (χ4n) is 1.43. The van der Waals surface area contributed by atoms with E-state index >= 15 is 0 Å². The highest BCUT2D eigenvalue weighted by Gasteiger charge is 2.10. The molecule has 4 N–H and O–H groups in total. The summed E-state index contributed by atoms with van der Waals surface area (Å²) in [7, 11) is 0. The predicted octanol–water partition coefficient (Wildman–Crippen LogP) is 2.61. The summed E-state index contributed by atoms with van der Waals surface area (Å²) in [6, 6.07) is 5.37. The van der Waals surface area contributed by atoms with Crippen molar-refractivity contribution in [2.24, 2.45) is 5.84 Å². The molecule has 1 aromatic heterocycles. The second-order valence-electron chi connectivity index (χ2n) is 3.59. The van der Waals surface area contributed by atoms with Crippen molar-refractivity contribution < 1.29 is 4.39 Å². The zero-order valence-corrected chi connectivity index (χ0v) is 10.3. The van der Waals surface area contributed by atoms with Crippen LogP contribution in [0.25, 0.3) is 0 Å². The molecule has 0 spiro atoms. The number of benzene rings is 1. The molecule has 7 heteroatoms. The molecule has 1 heterocycles. The van der Waals surface area contributed by atoms with Crippen LogP contribution < -0.4 is 16.6 Å². The van der Waals surface area contributed by atoms with Crippen LogP contribution >= 0.6 is 11.6 Å². The number of nitrogens with zero attached hydrogens (tertiary/aromatic N) is 2. The van der Waals surface area contributed by atoms with Gasteiger partial charge in [-0.15, -0.1) is 0 Å². The molecule has 0 atom stereocenters. The van der Waals surface area contributed by atoms with Crippen molar-refractivity contribution in [1.29, 1.82) is 0 Å². The van der Waals surface area contributed by atoms with E-state index in [1.165, 1.54) is 0 Å². The molecule has 0 amide bonds. The molecule has 1 aromatic carbocycles. The zero-order valence-electron chi connectivity index (χ0n) is 9.54. The molecule has 0 unspecified atom stereocenters. The van der Waals surface area contributed by atoms with E-state index in [4.69, 9.17) is 17.4 Å². The topological polar surface area (TPSA) is 75.9 Å². The second kappa shape index (κ2) is 5.16. The lowest BCUT2D eigenvalue weighted by Gasteiger charge is -2.11. The van der Waals surface area contributed by atoms with Gasteiger partial charge in [0.25, 0.3) is 0 Å². The van der Waals surface area contributed by atoms with Gasteiger partial charge in [-0.3, -0.25) is 5.43 Å². The fourth-order valence-corrected chi connectivity index (χ4v) is 1.70. The normalized spacial score (nSPS) is 10.2. The Kier molecular flexibility index (Phi) is 3.59. The minimum absolute atomic E-state index is 0.00847. The minimum Gasteiger partial charge on any atom is -0.336 e. The summed E-state index contributed by atoms with van der Waals surface area (Å²) < 4.78 is 13.6. The van der Waals surface area contributed by atoms with Crippen LogP contribution in [0.15, 0.2) is 24.4 Å². The van der Waals surface area contributed by atoms with Gasteiger partial charge in [0.1, 0.15) is 0 Å². The standard InChI is InChI=1S/C11H11ClFN5/c1-6-3-2-4-7(12)9(6)16-10-8(13)5-15-11(17-10)18-14/h2-5H,14H2,1H3,(H2,15,16,17,18). The zero-order chi connectivity index (χ0) is 13.1. The fraction of sp³-hybridized carbons (Fsp3) is 0.0909. The molecule has 18 heavy (non-hydrogen) atoms. The van der Waals surface area contributed by atoms with Gasteiger partial charge >= 0.3 is 0 Å². The minimum atomic E-state index is -0.590. The Bertz CT molecular complexity index is 555. The molecule has 2 rings (SSSR count). The maximum Gasteiger partial charge on any atom is 0.239 e. The van der Waals surface area contributed by atoms with Gasteiger partial charge in [0.05, 0.1) is 16.9 Å². The third-order valence-electron chi connectivity index (χ3n) is 2.34. The molecule has 0 aliphatic carbocycles. The van der Waals surface area contributed by atoms with Crippen LogP contribution in [-0.4, -0.2) is 9.97 Å². The quantitative estimate of drug-likeness (QED) is 0.589. The molecule has 2 aromatic rings. The van der Waals surface area contributed by atoms with Crippen molar-refractivity contribution in [2.75, 3.05) is 10.7 Å². The number of hydrogen-bond acceptors (Lipinski definition) is 5. The number of halogens is 2. The summed E-state index contributed by atoms with van der Waals surface area (Å²) >= 11 is 6.04. The number of anilines is 3. The lowest BCUT2D eigenvalue weighted by atomic mass is 10.2. The number of nitrogen functional groups attached to an aromatic ring is 1. The maximum atomic E-state index is 13.6. The van der Waals surface area contributed by atoms with Crippen LogP contribution in [0, 0.1) is 12.7 Å². The lowest BCUT2D eigenvalue weighted by Crippen LogP contribution is -2.12. The van der Waals surface area contributed by atoms with Crippen molar-refractivity contribution >= 4 is 29.1 Å². The van der Waals surface area contributed by atoms with Crippen molar-refractivity contribution in [2.45, 2.75) is 6.92 Å². The van der Waals surface area contributed by atoms with E-state index in [0.717, 1.165) is 11.8 Å². The summed E-state index contributed by atoms with van der Waals surface area (Å²) in [6.07, 6.45) is 1.02. The van der Waals surface area contributed by atoms with E-state index < -0.39 is 5.82 Å². The Morgan fingerprint density at radius 1 is 1.39 bits per heavy atom. The molecule has 0 fully saturated rings. The maximum absolute atomic E-state index is 13.6. The molecule has 0 bridgehead atoms. The molecular formula is C11H11ClFN5. The molecule has 0 radical (unpaired) electrons. The van der Waals surface area contributed by atoms with Crippen LogP contribution in [-0.2, 0) is 0 Å². The highest BCUT2D eigenvalue weighted by Crippen LogP contribution is 2.28. The van der Waals surface area contributed by atoms with Crippen LogP contribution in [0.1, 0.15) is 5.56 Å². The highest BCUT2D eigenvalue weighted by molar-refractivity contribution is 6.33. The molecule has 0 aliphatic heterocycles. The van der Waals surface area contributed by atoms with Crippen molar-refractivity contribution in [1.82, 2.24) is 9.97 Å². The summed E-state index contributed by atoms with van der Waals surface area (Å²) in [4.78, 5) is 7.52. The van der Waals surface area contributed by atoms with Crippen molar-refractivity contribution in [3.8, 4) is 0 Å². The number of aryl methyl sites for hydroxylation is 1. The summed E-state index contributed by atoms with van der Waals surface area (Å²) in [6.45, 7) is 1.86. The predicted molar refractivity (Wildman–Crippen MR) is 69.3 cm³/mol. The number of aromatic nitrogens is 2. The third-order valence-corrected chi connectivity index (χ3v) is 2.65. The number of hydrogen-bond donors (Lipinski definition) is 3. The molecule has 0 saturated heterocycles.